The minimum absolute atomic E-state index is 0.213. The van der Waals surface area contributed by atoms with Gasteiger partial charge in [-0.3, -0.25) is 4.98 Å². The summed E-state index contributed by atoms with van der Waals surface area (Å²) in [5, 5.41) is 0. The SMILES string of the molecule is CCC(N)(CC)COc1ccncc1C. The van der Waals surface area contributed by atoms with Crippen LogP contribution < -0.4 is 10.5 Å². The minimum atomic E-state index is -0.213. The van der Waals surface area contributed by atoms with E-state index in [0.29, 0.717) is 6.61 Å². The molecule has 0 radical (unpaired) electrons. The molecular weight excluding hydrogens is 188 g/mol. The molecule has 0 saturated heterocycles. The van der Waals surface area contributed by atoms with Crippen molar-refractivity contribution in [3.05, 3.63) is 24.0 Å². The maximum atomic E-state index is 6.15. The summed E-state index contributed by atoms with van der Waals surface area (Å²) in [6, 6.07) is 1.88. The van der Waals surface area contributed by atoms with Gasteiger partial charge in [-0.1, -0.05) is 13.8 Å². The van der Waals surface area contributed by atoms with Crippen molar-refractivity contribution in [2.24, 2.45) is 5.73 Å². The molecule has 0 aliphatic heterocycles. The molecule has 0 atom stereocenters. The van der Waals surface area contributed by atoms with Crippen LogP contribution in [0.25, 0.3) is 0 Å². The molecule has 1 aromatic rings. The van der Waals surface area contributed by atoms with E-state index in [9.17, 15) is 0 Å². The predicted molar refractivity (Wildman–Crippen MR) is 62.0 cm³/mol. The third-order valence-corrected chi connectivity index (χ3v) is 2.89. The minimum Gasteiger partial charge on any atom is -0.491 e. The smallest absolute Gasteiger partial charge is 0.125 e. The number of nitrogens with zero attached hydrogens (tertiary/aromatic N) is 1. The summed E-state index contributed by atoms with van der Waals surface area (Å²) in [5.41, 5.74) is 6.99. The van der Waals surface area contributed by atoms with Crippen molar-refractivity contribution < 1.29 is 4.74 Å². The van der Waals surface area contributed by atoms with Crippen molar-refractivity contribution in [1.29, 1.82) is 0 Å². The predicted octanol–water partition coefficient (Wildman–Crippen LogP) is 2.29. The lowest BCUT2D eigenvalue weighted by atomic mass is 9.96. The van der Waals surface area contributed by atoms with Crippen molar-refractivity contribution in [2.45, 2.75) is 39.2 Å². The number of ether oxygens (including phenoxy) is 1. The van der Waals surface area contributed by atoms with E-state index in [2.05, 4.69) is 18.8 Å². The first-order chi connectivity index (χ1) is 7.11. The zero-order chi connectivity index (χ0) is 11.3. The highest BCUT2D eigenvalue weighted by Gasteiger charge is 2.21. The second kappa shape index (κ2) is 5.12. The van der Waals surface area contributed by atoms with Crippen LogP contribution in [-0.4, -0.2) is 17.1 Å². The summed E-state index contributed by atoms with van der Waals surface area (Å²) >= 11 is 0. The van der Waals surface area contributed by atoms with Crippen LogP contribution in [0.15, 0.2) is 18.5 Å². The van der Waals surface area contributed by atoms with Gasteiger partial charge in [0.25, 0.3) is 0 Å². The molecule has 15 heavy (non-hydrogen) atoms. The lowest BCUT2D eigenvalue weighted by Gasteiger charge is -2.26. The average molecular weight is 208 g/mol. The molecule has 0 unspecified atom stereocenters. The monoisotopic (exact) mass is 208 g/mol. The maximum absolute atomic E-state index is 6.15. The van der Waals surface area contributed by atoms with Crippen molar-refractivity contribution in [3.8, 4) is 5.75 Å². The second-order valence-corrected chi connectivity index (χ2v) is 4.00. The number of aromatic nitrogens is 1. The van der Waals surface area contributed by atoms with Gasteiger partial charge in [0.05, 0.1) is 0 Å². The normalized spacial score (nSPS) is 11.5. The van der Waals surface area contributed by atoms with Gasteiger partial charge in [-0.05, 0) is 25.8 Å². The summed E-state index contributed by atoms with van der Waals surface area (Å²) in [5.74, 6) is 0.877. The molecule has 3 heteroatoms. The number of pyridine rings is 1. The number of hydrogen-bond donors (Lipinski definition) is 1. The Labute approximate surface area is 91.7 Å². The molecule has 0 saturated carbocycles. The second-order valence-electron chi connectivity index (χ2n) is 4.00. The third kappa shape index (κ3) is 3.20. The molecule has 0 amide bonds. The highest BCUT2D eigenvalue weighted by Crippen LogP contribution is 2.18. The first kappa shape index (κ1) is 12.0. The Morgan fingerprint density at radius 1 is 1.40 bits per heavy atom. The molecule has 1 rings (SSSR count). The third-order valence-electron chi connectivity index (χ3n) is 2.89. The van der Waals surface area contributed by atoms with Gasteiger partial charge in [0.2, 0.25) is 0 Å². The first-order valence-corrected chi connectivity index (χ1v) is 5.43. The Balaban J connectivity index is 2.61. The van der Waals surface area contributed by atoms with E-state index in [4.69, 9.17) is 10.5 Å². The lowest BCUT2D eigenvalue weighted by molar-refractivity contribution is 0.206. The van der Waals surface area contributed by atoms with Crippen LogP contribution in [0.5, 0.6) is 5.75 Å². The molecule has 0 spiro atoms. The van der Waals surface area contributed by atoms with Crippen LogP contribution in [0.1, 0.15) is 32.3 Å². The molecular formula is C12H20N2O. The van der Waals surface area contributed by atoms with Crippen molar-refractivity contribution in [1.82, 2.24) is 4.98 Å². The molecule has 3 nitrogen and oxygen atoms in total. The van der Waals surface area contributed by atoms with E-state index in [1.165, 1.54) is 0 Å². The first-order valence-electron chi connectivity index (χ1n) is 5.43. The molecule has 0 aliphatic carbocycles. The van der Waals surface area contributed by atoms with Gasteiger partial charge in [0.1, 0.15) is 12.4 Å². The van der Waals surface area contributed by atoms with E-state index in [-0.39, 0.29) is 5.54 Å². The molecule has 1 heterocycles. The molecule has 0 bridgehead atoms. The molecule has 1 aromatic heterocycles. The van der Waals surface area contributed by atoms with Gasteiger partial charge < -0.3 is 10.5 Å². The lowest BCUT2D eigenvalue weighted by Crippen LogP contribution is -2.44. The van der Waals surface area contributed by atoms with Crippen LogP contribution >= 0.6 is 0 Å². The summed E-state index contributed by atoms with van der Waals surface area (Å²) < 4.78 is 5.72. The van der Waals surface area contributed by atoms with Crippen LogP contribution in [0.4, 0.5) is 0 Å². The van der Waals surface area contributed by atoms with Gasteiger partial charge in [-0.2, -0.15) is 0 Å². The summed E-state index contributed by atoms with van der Waals surface area (Å²) in [6.07, 6.45) is 5.38. The van der Waals surface area contributed by atoms with Crippen molar-refractivity contribution in [3.63, 3.8) is 0 Å². The summed E-state index contributed by atoms with van der Waals surface area (Å²) in [7, 11) is 0. The Morgan fingerprint density at radius 3 is 2.60 bits per heavy atom. The molecule has 84 valence electrons. The van der Waals surface area contributed by atoms with Crippen LogP contribution in [0, 0.1) is 6.92 Å². The van der Waals surface area contributed by atoms with E-state index < -0.39 is 0 Å². The van der Waals surface area contributed by atoms with E-state index in [1.54, 1.807) is 12.4 Å². The quantitative estimate of drug-likeness (QED) is 0.807. The number of hydrogen-bond acceptors (Lipinski definition) is 3. The van der Waals surface area contributed by atoms with Crippen LogP contribution in [-0.2, 0) is 0 Å². The van der Waals surface area contributed by atoms with Crippen molar-refractivity contribution >= 4 is 0 Å². The largest absolute Gasteiger partial charge is 0.491 e. The zero-order valence-corrected chi connectivity index (χ0v) is 9.79. The molecule has 2 N–H and O–H groups in total. The van der Waals surface area contributed by atoms with Gasteiger partial charge >= 0.3 is 0 Å². The van der Waals surface area contributed by atoms with Gasteiger partial charge in [0.15, 0.2) is 0 Å². The Hall–Kier alpha value is -1.09. The van der Waals surface area contributed by atoms with E-state index in [1.807, 2.05) is 13.0 Å². The molecule has 0 aliphatic rings. The van der Waals surface area contributed by atoms with Crippen molar-refractivity contribution in [2.75, 3.05) is 6.61 Å². The van der Waals surface area contributed by atoms with Gasteiger partial charge in [-0.25, -0.2) is 0 Å². The number of rotatable bonds is 5. The number of aryl methyl sites for hydroxylation is 1. The fourth-order valence-electron chi connectivity index (χ4n) is 1.30. The topological polar surface area (TPSA) is 48.1 Å². The Kier molecular flexibility index (Phi) is 4.09. The standard InChI is InChI=1S/C12H20N2O/c1-4-12(13,5-2)9-15-11-6-7-14-8-10(11)3/h6-8H,4-5,9,13H2,1-3H3. The van der Waals surface area contributed by atoms with Crippen LogP contribution in [0.2, 0.25) is 0 Å². The Bertz CT molecular complexity index is 308. The fourth-order valence-corrected chi connectivity index (χ4v) is 1.30. The average Bonchev–Trinajstić information content (AvgIpc) is 2.28. The fraction of sp³-hybridized carbons (Fsp3) is 0.583. The van der Waals surface area contributed by atoms with E-state index >= 15 is 0 Å². The van der Waals surface area contributed by atoms with Crippen LogP contribution in [0.3, 0.4) is 0 Å². The molecule has 0 aromatic carbocycles. The highest BCUT2D eigenvalue weighted by atomic mass is 16.5. The maximum Gasteiger partial charge on any atom is 0.125 e. The molecule has 0 fully saturated rings. The summed E-state index contributed by atoms with van der Waals surface area (Å²) in [4.78, 5) is 4.02. The number of nitrogens with two attached hydrogens (primary N) is 1. The van der Waals surface area contributed by atoms with Gasteiger partial charge in [-0.15, -0.1) is 0 Å². The summed E-state index contributed by atoms with van der Waals surface area (Å²) in [6.45, 7) is 6.72. The Morgan fingerprint density at radius 2 is 2.07 bits per heavy atom. The van der Waals surface area contributed by atoms with Gasteiger partial charge in [0, 0.05) is 23.5 Å². The zero-order valence-electron chi connectivity index (χ0n) is 9.79. The highest BCUT2D eigenvalue weighted by molar-refractivity contribution is 5.28. The van der Waals surface area contributed by atoms with E-state index in [0.717, 1.165) is 24.2 Å².